The Labute approximate surface area is 897 Å². The number of aromatic hydroxyl groups is 6. The Balaban J connectivity index is 0.000000190. The summed E-state index contributed by atoms with van der Waals surface area (Å²) in [7, 11) is 0. The van der Waals surface area contributed by atoms with Gasteiger partial charge in [0.05, 0.1) is 20.6 Å². The molecule has 13 atom stereocenters. The fourth-order valence-electron chi connectivity index (χ4n) is 19.9. The highest BCUT2D eigenvalue weighted by molar-refractivity contribution is 5.60. The summed E-state index contributed by atoms with van der Waals surface area (Å²) in [5.74, 6) is -24.7. The molecule has 6 N–H and O–H groups in total. The van der Waals surface area contributed by atoms with Gasteiger partial charge in [-0.2, -0.15) is 0 Å². The second-order valence-electron chi connectivity index (χ2n) is 41.3. The van der Waals surface area contributed by atoms with E-state index in [1.165, 1.54) is 40.7 Å². The third-order valence-electron chi connectivity index (χ3n) is 27.4. The SMILES string of the molecule is [2HH].[2H]C1=C(C([2H])([2H])[2H])CC([2H])([2H])[C@@]2([2H])C(C)(C)Oc3c([2H])c(CCCCC)c([2H])c(O)c3[C@]12[2H].[2H]C1=C(C)C([2H])([2H])C([2H])([2H])[C@@]2([2H])C(C)(C)Oc3c([2H])c(CCCCC)c([2H])c(O)c3[C@]12[2H].[2H]C1=C(C)CC([2H])[C@@]2([2H])C(C)(C)Oc3c([2H])c(CCCCC)c([2H])c(O)c3[C@]12[2H].[2H]c1c(O)c2c(c([2H])c1CCCCC)OC(C)(C)[C@@H]1CC([2H])([2H])C(C([2H])([2H])[2H])=C[C@@]21[2H].[2H]c1c(O)c2c(c([2H])c1CCCCC)OC(C)(C)[C@@H]1CC([2H])([2H])C(C)=C[C@@]21[2H].[2H]c1c(O)c2c(c([2H])c1CCCCC)OC(C)(C)[C@@H]1CCC(C([2H])([2H])[2H])=C[C@@]21[2H]. The maximum Gasteiger partial charge on any atom is 0.127 e. The van der Waals surface area contributed by atoms with Crippen molar-refractivity contribution in [3.8, 4) is 69.0 Å². The predicted molar refractivity (Wildman–Crippen MR) is 574 cm³/mol. The van der Waals surface area contributed by atoms with Crippen LogP contribution in [0.5, 0.6) is 69.0 Å². The van der Waals surface area contributed by atoms with E-state index in [4.69, 9.17) is 76.4 Å². The molecule has 138 heavy (non-hydrogen) atoms. The maximum atomic E-state index is 11.0. The van der Waals surface area contributed by atoms with E-state index in [1.54, 1.807) is 47.6 Å². The number of phenols is 6. The van der Waals surface area contributed by atoms with Crippen molar-refractivity contribution in [1.29, 1.82) is 0 Å². The second kappa shape index (κ2) is 45.7. The number of unbranched alkanes of at least 4 members (excludes halogenated alkanes) is 12. The van der Waals surface area contributed by atoms with E-state index in [9.17, 15) is 43.0 Å². The maximum absolute atomic E-state index is 11.0. The fraction of sp³-hybridized carbons (Fsp3) is 0.619. The summed E-state index contributed by atoms with van der Waals surface area (Å²) in [6, 6.07) is -3.71. The van der Waals surface area contributed by atoms with Crippen LogP contribution in [-0.4, -0.2) is 64.2 Å². The molecule has 0 radical (unpaired) electrons. The lowest BCUT2D eigenvalue weighted by molar-refractivity contribution is 0.0104. The first kappa shape index (κ1) is 62.0. The first-order valence-electron chi connectivity index (χ1n) is 72.5. The van der Waals surface area contributed by atoms with Crippen LogP contribution in [0.15, 0.2) is 142 Å². The predicted octanol–water partition coefficient (Wildman–Crippen LogP) is 34.7. The molecule has 6 heterocycles. The summed E-state index contributed by atoms with van der Waals surface area (Å²) in [5.41, 5.74) is -7.19. The normalized spacial score (nSPS) is 37.4. The molecule has 0 fully saturated rings. The molecule has 0 saturated carbocycles. The van der Waals surface area contributed by atoms with Crippen LogP contribution in [0.3, 0.4) is 0 Å². The van der Waals surface area contributed by atoms with Gasteiger partial charge in [-0.05, 0) is 384 Å². The average Bonchev–Trinajstić information content (AvgIpc) is 0.643. The lowest BCUT2D eigenvalue weighted by atomic mass is 9.68. The number of hydrogen-bond acceptors (Lipinski definition) is 12. The van der Waals surface area contributed by atoms with Gasteiger partial charge < -0.3 is 59.1 Å². The summed E-state index contributed by atoms with van der Waals surface area (Å²) in [6.07, 6.45) is 9.04. The van der Waals surface area contributed by atoms with Crippen LogP contribution in [0.1, 0.15) is 522 Å². The topological polar surface area (TPSA) is 177 Å². The Morgan fingerprint density at radius 1 is 0.297 bits per heavy atom. The smallest absolute Gasteiger partial charge is 0.127 e. The van der Waals surface area contributed by atoms with E-state index >= 15 is 0 Å². The molecule has 0 aromatic heterocycles. The summed E-state index contributed by atoms with van der Waals surface area (Å²) < 4.78 is 412. The highest BCUT2D eigenvalue weighted by Gasteiger charge is 2.52. The zero-order valence-electron chi connectivity index (χ0n) is 129. The largest absolute Gasteiger partial charge is 0.507 e. The average molecular weight is 1930 g/mol. The monoisotopic (exact) mass is 1930 g/mol. The van der Waals surface area contributed by atoms with Gasteiger partial charge in [0.2, 0.25) is 0 Å². The number of ether oxygens (including phenoxy) is 6. The van der Waals surface area contributed by atoms with E-state index in [2.05, 4.69) is 20.8 Å². The first-order valence-corrected chi connectivity index (χ1v) is 50.4. The molecule has 18 rings (SSSR count). The fourth-order valence-corrected chi connectivity index (χ4v) is 19.9. The molecule has 6 aliphatic carbocycles. The summed E-state index contributed by atoms with van der Waals surface area (Å²) in [5, 5.41) is 65.8. The van der Waals surface area contributed by atoms with Crippen molar-refractivity contribution in [3.05, 3.63) is 209 Å². The zero-order chi connectivity index (χ0) is 138. The van der Waals surface area contributed by atoms with Gasteiger partial charge in [0.25, 0.3) is 0 Å². The Morgan fingerprint density at radius 3 is 0.899 bits per heavy atom. The van der Waals surface area contributed by atoms with Gasteiger partial charge in [0.15, 0.2) is 0 Å². The number of allylic oxidation sites excluding steroid dienone is 12. The van der Waals surface area contributed by atoms with Gasteiger partial charge in [-0.1, -0.05) is 188 Å². The van der Waals surface area contributed by atoms with E-state index in [0.717, 1.165) is 109 Å². The Kier molecular flexibility index (Phi) is 20.6. The third kappa shape index (κ3) is 25.0. The third-order valence-corrected chi connectivity index (χ3v) is 27.4. The molecule has 6 aromatic carbocycles. The van der Waals surface area contributed by atoms with Crippen LogP contribution in [0.4, 0.5) is 0 Å². The number of rotatable bonds is 24. The van der Waals surface area contributed by atoms with Crippen molar-refractivity contribution in [2.45, 2.75) is 466 Å². The van der Waals surface area contributed by atoms with Crippen molar-refractivity contribution < 1.29 is 121 Å². The first-order chi connectivity index (χ1) is 83.0. The molecule has 6 aromatic rings. The standard InChI is InChI=1S/6C21H30O2.H2/c6*1-5-6-7-8-15-12-18(22)20-16-11-14(2)9-10-17(16)21(3,4)23-19(20)13-15;/h6*11-13,16-17,22H,5-10H2,1-4H3;1H/t6*16-,17-;/m111111./s1/i9D2,10D2,11D,12D,13D,16D,17D;2D3,10D2,11D,12D,13D,16D,17D;10D,11D,12D,13D,16D,17D;2D3,9D2,12D,13D,16D;9D2,12D,13D,16D;2D3,12D,13D,16D;1+1/t2m;10?,16-,17-;3m;. The molecule has 6 aliphatic heterocycles. The van der Waals surface area contributed by atoms with Gasteiger partial charge in [-0.15, -0.1) is 0 Å². The lowest BCUT2D eigenvalue weighted by Crippen LogP contribution is -2.45. The van der Waals surface area contributed by atoms with Crippen LogP contribution in [0, 0.1) is 35.4 Å². The van der Waals surface area contributed by atoms with Gasteiger partial charge >= 0.3 is 0 Å². The van der Waals surface area contributed by atoms with Crippen molar-refractivity contribution in [2.75, 3.05) is 0 Å². The molecule has 0 saturated heterocycles. The minimum atomic E-state index is -3.01. The molecule has 0 spiro atoms. The minimum Gasteiger partial charge on any atom is -0.507 e. The molecule has 1 unspecified atom stereocenters. The Hall–Kier alpha value is -8.64. The number of fused-ring (bicyclic) bond motifs is 18. The van der Waals surface area contributed by atoms with E-state index in [0.29, 0.717) is 97.6 Å². The lowest BCUT2D eigenvalue weighted by Gasteiger charge is -2.46. The quantitative estimate of drug-likeness (QED) is 0.0250. The van der Waals surface area contributed by atoms with Crippen LogP contribution in [0.25, 0.3) is 0 Å². The molecule has 12 aliphatic rings. The van der Waals surface area contributed by atoms with Gasteiger partial charge in [-0.25, -0.2) is 0 Å². The highest BCUT2D eigenvalue weighted by Crippen LogP contribution is 2.61. The van der Waals surface area contributed by atoms with Gasteiger partial charge in [0, 0.05) is 145 Å². The molecular weight excluding hydrogens is 1710 g/mol. The Bertz CT molecular complexity index is 7790. The van der Waals surface area contributed by atoms with Crippen molar-refractivity contribution in [2.24, 2.45) is 35.4 Å². The molecule has 0 bridgehead atoms. The summed E-state index contributed by atoms with van der Waals surface area (Å²) in [6.45, 7) is 28.2. The molecule has 12 heteroatoms. The Morgan fingerprint density at radius 2 is 0.565 bits per heavy atom. The van der Waals surface area contributed by atoms with Crippen LogP contribution < -0.4 is 28.4 Å². The number of benzene rings is 6. The van der Waals surface area contributed by atoms with Gasteiger partial charge in [0.1, 0.15) is 103 Å². The molecule has 0 amide bonds. The summed E-state index contributed by atoms with van der Waals surface area (Å²) in [4.78, 5) is 0. The van der Waals surface area contributed by atoms with Crippen LogP contribution >= 0.6 is 0 Å². The second-order valence-corrected chi connectivity index (χ2v) is 41.3. The molecule has 12 nitrogen and oxygen atoms in total. The van der Waals surface area contributed by atoms with E-state index < -0.39 is 239 Å². The van der Waals surface area contributed by atoms with Gasteiger partial charge in [-0.3, -0.25) is 0 Å². The van der Waals surface area contributed by atoms with Crippen molar-refractivity contribution >= 4 is 0 Å². The van der Waals surface area contributed by atoms with Crippen LogP contribution in [0.2, 0.25) is 0 Å². The number of hydrogen-bond donors (Lipinski definition) is 6. The molecule has 758 valence electrons. The van der Waals surface area contributed by atoms with E-state index in [-0.39, 0.29) is 178 Å². The van der Waals surface area contributed by atoms with Crippen molar-refractivity contribution in [1.82, 2.24) is 0 Å². The van der Waals surface area contributed by atoms with Crippen molar-refractivity contribution in [3.63, 3.8) is 0 Å². The minimum absolute atomic E-state index is 0. The zero-order valence-corrected chi connectivity index (χ0v) is 85.4. The summed E-state index contributed by atoms with van der Waals surface area (Å²) >= 11 is 0. The van der Waals surface area contributed by atoms with E-state index in [1.807, 2.05) is 48.5 Å². The number of phenolic OH excluding ortho intramolecular Hbond substituents is 6. The highest BCUT2D eigenvalue weighted by atomic mass is 16.5. The molecular formula is C126H182O12. The van der Waals surface area contributed by atoms with Crippen LogP contribution in [-0.2, 0) is 38.5 Å².